The summed E-state index contributed by atoms with van der Waals surface area (Å²) in [4.78, 5) is 24.5. The second-order valence-corrected chi connectivity index (χ2v) is 6.60. The molecule has 2 atom stereocenters. The lowest BCUT2D eigenvalue weighted by molar-refractivity contribution is -0.137. The Kier molecular flexibility index (Phi) is 6.12. The summed E-state index contributed by atoms with van der Waals surface area (Å²) in [5.41, 5.74) is 0. The van der Waals surface area contributed by atoms with Crippen molar-refractivity contribution in [3.05, 3.63) is 24.3 Å². The molecule has 24 heavy (non-hydrogen) atoms. The first-order valence-electron chi connectivity index (χ1n) is 8.74. The molecule has 2 aliphatic rings. The quantitative estimate of drug-likeness (QED) is 0.827. The van der Waals surface area contributed by atoms with Crippen molar-refractivity contribution in [1.29, 1.82) is 0 Å². The number of ether oxygens (including phenoxy) is 1. The summed E-state index contributed by atoms with van der Waals surface area (Å²) >= 11 is 0. The van der Waals surface area contributed by atoms with Gasteiger partial charge in [0.2, 0.25) is 0 Å². The number of likely N-dealkylation sites (tertiary alicyclic amines) is 1. The van der Waals surface area contributed by atoms with E-state index in [-0.39, 0.29) is 6.42 Å². The molecule has 132 valence electrons. The van der Waals surface area contributed by atoms with Gasteiger partial charge in [-0.1, -0.05) is 0 Å². The van der Waals surface area contributed by atoms with Gasteiger partial charge in [-0.05, 0) is 24.8 Å². The summed E-state index contributed by atoms with van der Waals surface area (Å²) in [6.07, 6.45) is 5.57. The summed E-state index contributed by atoms with van der Waals surface area (Å²) in [6, 6.07) is 2.28. The Balaban J connectivity index is 1.62. The monoisotopic (exact) mass is 334 g/mol. The Morgan fingerprint density at radius 2 is 2.00 bits per heavy atom. The SMILES string of the molecule is O=C(O)CC[C@@H]1CN(Cc2ncccn2)CC[C@@H]1N1CCOCC1. The molecule has 3 heterocycles. The van der Waals surface area contributed by atoms with Crippen molar-refractivity contribution in [2.75, 3.05) is 39.4 Å². The summed E-state index contributed by atoms with van der Waals surface area (Å²) in [6.45, 7) is 6.12. The topological polar surface area (TPSA) is 78.8 Å². The zero-order valence-corrected chi connectivity index (χ0v) is 14.0. The van der Waals surface area contributed by atoms with Crippen LogP contribution in [0, 0.1) is 5.92 Å². The fourth-order valence-corrected chi connectivity index (χ4v) is 3.83. The molecule has 0 radical (unpaired) electrons. The maximum Gasteiger partial charge on any atom is 0.303 e. The summed E-state index contributed by atoms with van der Waals surface area (Å²) in [7, 11) is 0. The number of rotatable bonds is 6. The zero-order chi connectivity index (χ0) is 16.8. The highest BCUT2D eigenvalue weighted by molar-refractivity contribution is 5.66. The first-order chi connectivity index (χ1) is 11.7. The minimum atomic E-state index is -0.709. The minimum absolute atomic E-state index is 0.237. The number of aliphatic carboxylic acids is 1. The van der Waals surface area contributed by atoms with E-state index in [0.29, 0.717) is 12.0 Å². The number of carbonyl (C=O) groups is 1. The van der Waals surface area contributed by atoms with Gasteiger partial charge < -0.3 is 9.84 Å². The van der Waals surface area contributed by atoms with Crippen molar-refractivity contribution >= 4 is 5.97 Å². The van der Waals surface area contributed by atoms with E-state index in [0.717, 1.165) is 64.6 Å². The molecule has 2 saturated heterocycles. The van der Waals surface area contributed by atoms with Gasteiger partial charge in [0, 0.05) is 51.0 Å². The van der Waals surface area contributed by atoms with Gasteiger partial charge in [0.05, 0.1) is 19.8 Å². The molecule has 1 N–H and O–H groups in total. The van der Waals surface area contributed by atoms with E-state index in [1.165, 1.54) is 0 Å². The minimum Gasteiger partial charge on any atom is -0.481 e. The van der Waals surface area contributed by atoms with Crippen LogP contribution in [0.25, 0.3) is 0 Å². The van der Waals surface area contributed by atoms with Crippen LogP contribution in [0.1, 0.15) is 25.1 Å². The van der Waals surface area contributed by atoms with E-state index >= 15 is 0 Å². The molecule has 0 amide bonds. The van der Waals surface area contributed by atoms with Crippen LogP contribution in [0.15, 0.2) is 18.5 Å². The lowest BCUT2D eigenvalue weighted by Crippen LogP contribution is -2.53. The third-order valence-electron chi connectivity index (χ3n) is 5.01. The van der Waals surface area contributed by atoms with Gasteiger partial charge in [0.1, 0.15) is 5.82 Å². The van der Waals surface area contributed by atoms with Crippen LogP contribution >= 0.6 is 0 Å². The summed E-state index contributed by atoms with van der Waals surface area (Å²) < 4.78 is 5.46. The number of carboxylic acid groups (broad SMARTS) is 1. The molecule has 1 aromatic heterocycles. The lowest BCUT2D eigenvalue weighted by atomic mass is 9.86. The van der Waals surface area contributed by atoms with Gasteiger partial charge in [0.25, 0.3) is 0 Å². The van der Waals surface area contributed by atoms with E-state index in [1.54, 1.807) is 12.4 Å². The Labute approximate surface area is 142 Å². The maximum absolute atomic E-state index is 11.0. The third kappa shape index (κ3) is 4.72. The smallest absolute Gasteiger partial charge is 0.303 e. The van der Waals surface area contributed by atoms with Gasteiger partial charge in [-0.2, -0.15) is 0 Å². The number of hydrogen-bond donors (Lipinski definition) is 1. The van der Waals surface area contributed by atoms with Crippen LogP contribution in [0.5, 0.6) is 0 Å². The van der Waals surface area contributed by atoms with Gasteiger partial charge >= 0.3 is 5.97 Å². The molecule has 0 aliphatic carbocycles. The van der Waals surface area contributed by atoms with Crippen molar-refractivity contribution in [3.63, 3.8) is 0 Å². The van der Waals surface area contributed by atoms with Crippen LogP contribution in [0.3, 0.4) is 0 Å². The van der Waals surface area contributed by atoms with Gasteiger partial charge in [-0.25, -0.2) is 9.97 Å². The second-order valence-electron chi connectivity index (χ2n) is 6.60. The van der Waals surface area contributed by atoms with Crippen molar-refractivity contribution < 1.29 is 14.6 Å². The molecule has 1 aromatic rings. The fraction of sp³-hybridized carbons (Fsp3) is 0.706. The molecule has 3 rings (SSSR count). The number of morpholine rings is 1. The Hall–Kier alpha value is -1.57. The normalized spacial score (nSPS) is 26.3. The number of piperidine rings is 1. The predicted octanol–water partition coefficient (Wildman–Crippen LogP) is 0.864. The summed E-state index contributed by atoms with van der Waals surface area (Å²) in [5, 5.41) is 9.07. The van der Waals surface area contributed by atoms with Crippen molar-refractivity contribution in [2.24, 2.45) is 5.92 Å². The number of hydrogen-bond acceptors (Lipinski definition) is 6. The van der Waals surface area contributed by atoms with Crippen LogP contribution < -0.4 is 0 Å². The van der Waals surface area contributed by atoms with Crippen LogP contribution in [-0.4, -0.2) is 76.3 Å². The van der Waals surface area contributed by atoms with Gasteiger partial charge in [-0.15, -0.1) is 0 Å². The van der Waals surface area contributed by atoms with E-state index in [4.69, 9.17) is 9.84 Å². The van der Waals surface area contributed by atoms with Gasteiger partial charge in [0.15, 0.2) is 0 Å². The first-order valence-corrected chi connectivity index (χ1v) is 8.74. The molecule has 7 nitrogen and oxygen atoms in total. The number of carboxylic acids is 1. The fourth-order valence-electron chi connectivity index (χ4n) is 3.83. The third-order valence-corrected chi connectivity index (χ3v) is 5.01. The molecule has 0 unspecified atom stereocenters. The molecule has 0 saturated carbocycles. The van der Waals surface area contributed by atoms with Crippen LogP contribution in [-0.2, 0) is 16.1 Å². The molecule has 7 heteroatoms. The van der Waals surface area contributed by atoms with Crippen molar-refractivity contribution in [2.45, 2.75) is 31.8 Å². The second kappa shape index (κ2) is 8.50. The Bertz CT molecular complexity index is 522. The average Bonchev–Trinajstić information content (AvgIpc) is 2.62. The first kappa shape index (κ1) is 17.3. The predicted molar refractivity (Wildman–Crippen MR) is 88.5 cm³/mol. The highest BCUT2D eigenvalue weighted by Gasteiger charge is 2.34. The molecular formula is C17H26N4O3. The Morgan fingerprint density at radius 1 is 1.25 bits per heavy atom. The van der Waals surface area contributed by atoms with E-state index in [1.807, 2.05) is 6.07 Å². The highest BCUT2D eigenvalue weighted by Crippen LogP contribution is 2.27. The standard InChI is InChI=1S/C17H26N4O3/c22-17(23)3-2-14-12-20(13-16-18-5-1-6-19-16)7-4-15(14)21-8-10-24-11-9-21/h1,5-6,14-15H,2-4,7-13H2,(H,22,23)/t14-,15+/m1/s1. The molecule has 2 fully saturated rings. The van der Waals surface area contributed by atoms with E-state index in [9.17, 15) is 4.79 Å². The zero-order valence-electron chi connectivity index (χ0n) is 14.0. The lowest BCUT2D eigenvalue weighted by Gasteiger charge is -2.45. The molecule has 0 spiro atoms. The van der Waals surface area contributed by atoms with E-state index in [2.05, 4.69) is 19.8 Å². The number of nitrogens with zero attached hydrogens (tertiary/aromatic N) is 4. The van der Waals surface area contributed by atoms with Crippen LogP contribution in [0.2, 0.25) is 0 Å². The highest BCUT2D eigenvalue weighted by atomic mass is 16.5. The van der Waals surface area contributed by atoms with Gasteiger partial charge in [-0.3, -0.25) is 14.6 Å². The molecule has 0 bridgehead atoms. The number of aromatic nitrogens is 2. The average molecular weight is 334 g/mol. The van der Waals surface area contributed by atoms with Crippen molar-refractivity contribution in [1.82, 2.24) is 19.8 Å². The molecule has 2 aliphatic heterocycles. The van der Waals surface area contributed by atoms with Crippen LogP contribution in [0.4, 0.5) is 0 Å². The molecular weight excluding hydrogens is 308 g/mol. The summed E-state index contributed by atoms with van der Waals surface area (Å²) in [5.74, 6) is 0.496. The largest absolute Gasteiger partial charge is 0.481 e. The maximum atomic E-state index is 11.0. The van der Waals surface area contributed by atoms with Crippen molar-refractivity contribution in [3.8, 4) is 0 Å². The molecule has 0 aromatic carbocycles. The van der Waals surface area contributed by atoms with E-state index < -0.39 is 5.97 Å². The Morgan fingerprint density at radius 3 is 2.71 bits per heavy atom.